The van der Waals surface area contributed by atoms with Gasteiger partial charge in [-0.1, -0.05) is 18.2 Å². The minimum atomic E-state index is -3.84. The zero-order valence-corrected chi connectivity index (χ0v) is 18.3. The minimum Gasteiger partial charge on any atom is -0.322 e. The number of carbonyl (C=O) groups excluding carboxylic acids is 1. The van der Waals surface area contributed by atoms with Crippen LogP contribution in [0.3, 0.4) is 0 Å². The molecule has 1 heterocycles. The van der Waals surface area contributed by atoms with Gasteiger partial charge in [0.15, 0.2) is 0 Å². The van der Waals surface area contributed by atoms with E-state index in [2.05, 4.69) is 5.32 Å². The fourth-order valence-corrected chi connectivity index (χ4v) is 5.72. The largest absolute Gasteiger partial charge is 0.322 e. The molecule has 5 nitrogen and oxygen atoms in total. The number of halogens is 1. The van der Waals surface area contributed by atoms with Crippen LogP contribution in [0.1, 0.15) is 34.0 Å². The monoisotopic (exact) mass is 438 g/mol. The van der Waals surface area contributed by atoms with Gasteiger partial charge >= 0.3 is 0 Å². The first-order valence-electron chi connectivity index (χ1n) is 9.99. The summed E-state index contributed by atoms with van der Waals surface area (Å²) >= 11 is 0. The van der Waals surface area contributed by atoms with E-state index in [9.17, 15) is 17.6 Å². The lowest BCUT2D eigenvalue weighted by Crippen LogP contribution is -2.35. The van der Waals surface area contributed by atoms with Crippen LogP contribution in [-0.2, 0) is 16.4 Å². The summed E-state index contributed by atoms with van der Waals surface area (Å²) in [4.78, 5) is 12.9. The number of sulfonamides is 1. The van der Waals surface area contributed by atoms with Crippen molar-refractivity contribution in [2.45, 2.75) is 38.1 Å². The van der Waals surface area contributed by atoms with Crippen LogP contribution in [0.25, 0.3) is 0 Å². The molecule has 0 aliphatic carbocycles. The Bertz CT molecular complexity index is 1250. The van der Waals surface area contributed by atoms with Crippen molar-refractivity contribution < 1.29 is 17.6 Å². The third-order valence-electron chi connectivity index (χ3n) is 5.58. The molecule has 31 heavy (non-hydrogen) atoms. The summed E-state index contributed by atoms with van der Waals surface area (Å²) in [5.41, 5.74) is 4.52. The van der Waals surface area contributed by atoms with E-state index >= 15 is 0 Å². The number of hydrogen-bond acceptors (Lipinski definition) is 3. The van der Waals surface area contributed by atoms with Crippen molar-refractivity contribution in [1.82, 2.24) is 0 Å². The molecule has 1 atom stereocenters. The lowest BCUT2D eigenvalue weighted by molar-refractivity contribution is 0.102. The van der Waals surface area contributed by atoms with E-state index in [1.807, 2.05) is 39.0 Å². The van der Waals surface area contributed by atoms with Crippen molar-refractivity contribution in [3.8, 4) is 0 Å². The number of carbonyl (C=O) groups is 1. The summed E-state index contributed by atoms with van der Waals surface area (Å²) in [6, 6.07) is 15.3. The number of hydrogen-bond donors (Lipinski definition) is 1. The molecule has 1 aliphatic heterocycles. The van der Waals surface area contributed by atoms with E-state index in [-0.39, 0.29) is 16.8 Å². The van der Waals surface area contributed by atoms with Crippen molar-refractivity contribution in [2.75, 3.05) is 9.62 Å². The summed E-state index contributed by atoms with van der Waals surface area (Å²) in [6.07, 6.45) is 0.486. The molecule has 0 spiro atoms. The molecular formula is C24H23FN2O3S. The molecule has 7 heteroatoms. The number of aryl methyl sites for hydroxylation is 2. The van der Waals surface area contributed by atoms with Crippen molar-refractivity contribution in [1.29, 1.82) is 0 Å². The molecular weight excluding hydrogens is 415 g/mol. The second-order valence-corrected chi connectivity index (χ2v) is 9.69. The maximum Gasteiger partial charge on any atom is 0.264 e. The number of rotatable bonds is 4. The van der Waals surface area contributed by atoms with E-state index in [4.69, 9.17) is 0 Å². The maximum absolute atomic E-state index is 13.2. The Morgan fingerprint density at radius 2 is 1.68 bits per heavy atom. The van der Waals surface area contributed by atoms with Crippen LogP contribution < -0.4 is 9.62 Å². The second-order valence-electron chi connectivity index (χ2n) is 7.87. The molecule has 0 saturated carbocycles. The normalized spacial score (nSPS) is 15.6. The standard InChI is InChI=1S/C24H23FN2O3S/c1-15-5-4-6-16(2)23(15)26-24(28)18-7-12-22-19(14-18)13-17(3)27(22)31(29,30)21-10-8-20(25)9-11-21/h4-12,14,17H,13H2,1-3H3,(H,26,28)/t17-/m0/s1. The van der Waals surface area contributed by atoms with Crippen LogP contribution >= 0.6 is 0 Å². The average Bonchev–Trinajstić information content (AvgIpc) is 3.06. The molecule has 3 aromatic carbocycles. The van der Waals surface area contributed by atoms with E-state index in [0.29, 0.717) is 17.7 Å². The van der Waals surface area contributed by atoms with Gasteiger partial charge in [-0.15, -0.1) is 0 Å². The number of para-hydroxylation sites is 1. The van der Waals surface area contributed by atoms with E-state index < -0.39 is 15.8 Å². The number of benzene rings is 3. The van der Waals surface area contributed by atoms with Crippen molar-refractivity contribution in [3.63, 3.8) is 0 Å². The number of anilines is 2. The lowest BCUT2D eigenvalue weighted by atomic mass is 10.1. The highest BCUT2D eigenvalue weighted by Gasteiger charge is 2.36. The van der Waals surface area contributed by atoms with Crippen LogP contribution in [0.15, 0.2) is 65.6 Å². The van der Waals surface area contributed by atoms with Gasteiger partial charge in [0.1, 0.15) is 5.82 Å². The second kappa shape index (κ2) is 7.81. The van der Waals surface area contributed by atoms with E-state index in [1.165, 1.54) is 16.4 Å². The van der Waals surface area contributed by atoms with Crippen LogP contribution in [0.2, 0.25) is 0 Å². The summed E-state index contributed by atoms with van der Waals surface area (Å²) in [5, 5.41) is 2.96. The van der Waals surface area contributed by atoms with Gasteiger partial charge in [-0.25, -0.2) is 12.8 Å². The highest BCUT2D eigenvalue weighted by atomic mass is 32.2. The van der Waals surface area contributed by atoms with Gasteiger partial charge in [0.2, 0.25) is 0 Å². The van der Waals surface area contributed by atoms with Crippen LogP contribution in [0.4, 0.5) is 15.8 Å². The van der Waals surface area contributed by atoms with Gasteiger partial charge in [0.05, 0.1) is 10.6 Å². The molecule has 1 amide bonds. The van der Waals surface area contributed by atoms with Gasteiger partial charge in [0.25, 0.3) is 15.9 Å². The highest BCUT2D eigenvalue weighted by Crippen LogP contribution is 2.37. The van der Waals surface area contributed by atoms with Crippen molar-refractivity contribution >= 4 is 27.3 Å². The van der Waals surface area contributed by atoms with Crippen LogP contribution in [-0.4, -0.2) is 20.4 Å². The Morgan fingerprint density at radius 1 is 1.03 bits per heavy atom. The fourth-order valence-electron chi connectivity index (χ4n) is 4.03. The van der Waals surface area contributed by atoms with Gasteiger partial charge < -0.3 is 5.32 Å². The number of nitrogens with one attached hydrogen (secondary N) is 1. The van der Waals surface area contributed by atoms with Crippen molar-refractivity contribution in [3.05, 3.63) is 88.7 Å². The first-order valence-corrected chi connectivity index (χ1v) is 11.4. The molecule has 0 saturated heterocycles. The molecule has 0 unspecified atom stereocenters. The third-order valence-corrected chi connectivity index (χ3v) is 7.53. The van der Waals surface area contributed by atoms with Gasteiger partial charge in [0, 0.05) is 17.3 Å². The number of nitrogens with zero attached hydrogens (tertiary/aromatic N) is 1. The SMILES string of the molecule is Cc1cccc(C)c1NC(=O)c1ccc2c(c1)C[C@H](C)N2S(=O)(=O)c1ccc(F)cc1. The van der Waals surface area contributed by atoms with Crippen molar-refractivity contribution in [2.24, 2.45) is 0 Å². The molecule has 0 fully saturated rings. The Hall–Kier alpha value is -3.19. The molecule has 1 N–H and O–H groups in total. The summed E-state index contributed by atoms with van der Waals surface area (Å²) < 4.78 is 41.0. The zero-order valence-electron chi connectivity index (χ0n) is 17.5. The Morgan fingerprint density at radius 3 is 2.32 bits per heavy atom. The van der Waals surface area contributed by atoms with E-state index in [0.717, 1.165) is 34.5 Å². The predicted molar refractivity (Wildman–Crippen MR) is 120 cm³/mol. The lowest BCUT2D eigenvalue weighted by Gasteiger charge is -2.24. The highest BCUT2D eigenvalue weighted by molar-refractivity contribution is 7.92. The Labute approximate surface area is 181 Å². The number of fused-ring (bicyclic) bond motifs is 1. The summed E-state index contributed by atoms with van der Waals surface area (Å²) in [6.45, 7) is 5.69. The molecule has 0 bridgehead atoms. The fraction of sp³-hybridized carbons (Fsp3) is 0.208. The Kier molecular flexibility index (Phi) is 5.31. The van der Waals surface area contributed by atoms with E-state index in [1.54, 1.807) is 18.2 Å². The third kappa shape index (κ3) is 3.81. The maximum atomic E-state index is 13.2. The molecule has 0 aromatic heterocycles. The quantitative estimate of drug-likeness (QED) is 0.634. The zero-order chi connectivity index (χ0) is 22.3. The van der Waals surface area contributed by atoms with Gasteiger partial charge in [-0.2, -0.15) is 0 Å². The predicted octanol–water partition coefficient (Wildman–Crippen LogP) is 4.83. The molecule has 3 aromatic rings. The topological polar surface area (TPSA) is 66.5 Å². The average molecular weight is 439 g/mol. The van der Waals surface area contributed by atoms with Gasteiger partial charge in [-0.05, 0) is 86.3 Å². The first kappa shape index (κ1) is 21.1. The minimum absolute atomic E-state index is 0.0328. The molecule has 0 radical (unpaired) electrons. The summed E-state index contributed by atoms with van der Waals surface area (Å²) in [7, 11) is -3.84. The molecule has 4 rings (SSSR count). The Balaban J connectivity index is 1.65. The smallest absolute Gasteiger partial charge is 0.264 e. The first-order chi connectivity index (χ1) is 14.7. The van der Waals surface area contributed by atoms with Crippen LogP contribution in [0.5, 0.6) is 0 Å². The molecule has 160 valence electrons. The van der Waals surface area contributed by atoms with Crippen LogP contribution in [0, 0.1) is 19.7 Å². The summed E-state index contributed by atoms with van der Waals surface area (Å²) in [5.74, 6) is -0.735. The van der Waals surface area contributed by atoms with Gasteiger partial charge in [-0.3, -0.25) is 9.10 Å². The number of amides is 1. The molecule has 1 aliphatic rings.